The summed E-state index contributed by atoms with van der Waals surface area (Å²) in [4.78, 5) is 2.45. The molecule has 0 radical (unpaired) electrons. The van der Waals surface area contributed by atoms with E-state index in [0.717, 1.165) is 26.1 Å². The zero-order valence-corrected chi connectivity index (χ0v) is 14.1. The van der Waals surface area contributed by atoms with Crippen molar-refractivity contribution in [1.29, 1.82) is 0 Å². The highest BCUT2D eigenvalue weighted by Crippen LogP contribution is 2.34. The first-order chi connectivity index (χ1) is 11.1. The fourth-order valence-electron chi connectivity index (χ4n) is 3.59. The fraction of sp³-hybridized carbons (Fsp3) is 0.875. The molecule has 2 saturated heterocycles. The number of aliphatic hydroxyl groups excluding tert-OH is 3. The number of rotatable bonds is 2. The van der Waals surface area contributed by atoms with Crippen LogP contribution in [0.1, 0.15) is 25.7 Å². The van der Waals surface area contributed by atoms with Crippen LogP contribution in [0.2, 0.25) is 0 Å². The number of ether oxygens (including phenoxy) is 1. The molecule has 132 valence electrons. The molecule has 2 bridgehead atoms. The van der Waals surface area contributed by atoms with Crippen LogP contribution in [0.4, 0.5) is 0 Å². The molecule has 6 nitrogen and oxygen atoms in total. The first-order valence-electron chi connectivity index (χ1n) is 8.54. The lowest BCUT2D eigenvalue weighted by molar-refractivity contribution is -0.202. The Bertz CT molecular complexity index is 419. The zero-order chi connectivity index (χ0) is 16.4. The molecule has 0 aromatic heterocycles. The van der Waals surface area contributed by atoms with E-state index in [1.807, 2.05) is 6.08 Å². The standard InChI is InChI=1S/C16H28N2O4S/c17-11-6-2-1-5-10(9-18-7-3-4-8-18)23-16-14(21)12(19)13(20)15(11)22-16/h1-2,10-16,19-21H,3-9,17H2/t10-,11+,12-,13+,14+,15+,16+/m0/s1. The summed E-state index contributed by atoms with van der Waals surface area (Å²) in [5.74, 6) is 0. The third-order valence-corrected chi connectivity index (χ3v) is 6.37. The summed E-state index contributed by atoms with van der Waals surface area (Å²) in [7, 11) is 0. The predicted molar refractivity (Wildman–Crippen MR) is 90.1 cm³/mol. The second-order valence-electron chi connectivity index (χ2n) is 6.81. The summed E-state index contributed by atoms with van der Waals surface area (Å²) < 4.78 is 5.89. The molecular weight excluding hydrogens is 316 g/mol. The van der Waals surface area contributed by atoms with Crippen molar-refractivity contribution < 1.29 is 20.1 Å². The molecule has 3 rings (SSSR count). The third-order valence-electron chi connectivity index (χ3n) is 4.99. The molecule has 0 saturated carbocycles. The average molecular weight is 344 g/mol. The maximum Gasteiger partial charge on any atom is 0.132 e. The maximum atomic E-state index is 10.3. The molecule has 3 aliphatic rings. The molecule has 3 heterocycles. The number of nitrogens with zero attached hydrogens (tertiary/aromatic N) is 1. The molecule has 7 atom stereocenters. The molecule has 7 heteroatoms. The van der Waals surface area contributed by atoms with Gasteiger partial charge >= 0.3 is 0 Å². The van der Waals surface area contributed by atoms with E-state index in [4.69, 9.17) is 10.5 Å². The first-order valence-corrected chi connectivity index (χ1v) is 9.48. The highest BCUT2D eigenvalue weighted by molar-refractivity contribution is 8.00. The Labute approximate surface area is 141 Å². The van der Waals surface area contributed by atoms with Crippen molar-refractivity contribution in [3.05, 3.63) is 12.2 Å². The predicted octanol–water partition coefficient (Wildman–Crippen LogP) is -0.331. The highest BCUT2D eigenvalue weighted by atomic mass is 32.2. The summed E-state index contributed by atoms with van der Waals surface area (Å²) >= 11 is 1.55. The van der Waals surface area contributed by atoms with Crippen LogP contribution in [0.5, 0.6) is 0 Å². The SMILES string of the molecule is N[C@@H]1CC=CC[C@@H](CN2CCCC2)S[C@H]2O[C@H]1[C@H](O)[C@H](O)[C@H]2O. The molecule has 0 unspecified atom stereocenters. The molecule has 0 spiro atoms. The van der Waals surface area contributed by atoms with E-state index in [-0.39, 0.29) is 6.04 Å². The van der Waals surface area contributed by atoms with Crippen LogP contribution in [0, 0.1) is 0 Å². The van der Waals surface area contributed by atoms with Gasteiger partial charge in [-0.05, 0) is 38.8 Å². The van der Waals surface area contributed by atoms with E-state index >= 15 is 0 Å². The number of hydrogen-bond donors (Lipinski definition) is 4. The van der Waals surface area contributed by atoms with E-state index in [9.17, 15) is 15.3 Å². The number of thioether (sulfide) groups is 1. The average Bonchev–Trinajstić information content (AvgIpc) is 3.04. The van der Waals surface area contributed by atoms with Crippen molar-refractivity contribution in [2.24, 2.45) is 5.73 Å². The smallest absolute Gasteiger partial charge is 0.132 e. The van der Waals surface area contributed by atoms with Gasteiger partial charge in [0.25, 0.3) is 0 Å². The van der Waals surface area contributed by atoms with Crippen LogP contribution in [0.25, 0.3) is 0 Å². The summed E-state index contributed by atoms with van der Waals surface area (Å²) in [5, 5.41) is 30.9. The Balaban J connectivity index is 1.73. The van der Waals surface area contributed by atoms with Gasteiger partial charge in [-0.25, -0.2) is 0 Å². The van der Waals surface area contributed by atoms with E-state index < -0.39 is 29.9 Å². The van der Waals surface area contributed by atoms with Gasteiger partial charge in [0.05, 0.1) is 0 Å². The van der Waals surface area contributed by atoms with Crippen molar-refractivity contribution in [2.45, 2.75) is 66.8 Å². The molecule has 2 fully saturated rings. The van der Waals surface area contributed by atoms with E-state index in [1.54, 1.807) is 11.8 Å². The number of hydrogen-bond acceptors (Lipinski definition) is 7. The summed E-state index contributed by atoms with van der Waals surface area (Å²) in [6.07, 6.45) is 4.05. The van der Waals surface area contributed by atoms with Crippen molar-refractivity contribution in [3.63, 3.8) is 0 Å². The quantitative estimate of drug-likeness (QED) is 0.509. The van der Waals surface area contributed by atoms with Crippen molar-refractivity contribution >= 4 is 11.8 Å². The minimum absolute atomic E-state index is 0.293. The number of likely N-dealkylation sites (tertiary alicyclic amines) is 1. The van der Waals surface area contributed by atoms with Crippen LogP contribution < -0.4 is 5.73 Å². The zero-order valence-electron chi connectivity index (χ0n) is 13.3. The Hall–Kier alpha value is -0.150. The molecule has 0 aromatic carbocycles. The van der Waals surface area contributed by atoms with Gasteiger partial charge in [0.15, 0.2) is 0 Å². The molecule has 0 amide bonds. The molecule has 0 aliphatic carbocycles. The molecule has 23 heavy (non-hydrogen) atoms. The van der Waals surface area contributed by atoms with Gasteiger partial charge in [-0.1, -0.05) is 12.2 Å². The number of fused-ring (bicyclic) bond motifs is 2. The van der Waals surface area contributed by atoms with Crippen LogP contribution >= 0.6 is 11.8 Å². The van der Waals surface area contributed by atoms with Crippen LogP contribution in [0.3, 0.4) is 0 Å². The van der Waals surface area contributed by atoms with E-state index in [2.05, 4.69) is 11.0 Å². The normalized spacial score (nSPS) is 46.0. The first kappa shape index (κ1) is 17.7. The summed E-state index contributed by atoms with van der Waals surface area (Å²) in [5.41, 5.74) is 5.54. The topological polar surface area (TPSA) is 99.2 Å². The minimum atomic E-state index is -1.21. The van der Waals surface area contributed by atoms with Crippen molar-refractivity contribution in [2.75, 3.05) is 19.6 Å². The van der Waals surface area contributed by atoms with Gasteiger partial charge < -0.3 is 30.7 Å². The van der Waals surface area contributed by atoms with Crippen molar-refractivity contribution in [1.82, 2.24) is 4.90 Å². The lowest BCUT2D eigenvalue weighted by atomic mass is 9.93. The van der Waals surface area contributed by atoms with Crippen molar-refractivity contribution in [3.8, 4) is 0 Å². The maximum absolute atomic E-state index is 10.3. The Morgan fingerprint density at radius 3 is 2.48 bits per heavy atom. The second kappa shape index (κ2) is 7.82. The number of aliphatic hydroxyl groups is 3. The Morgan fingerprint density at radius 1 is 1.04 bits per heavy atom. The van der Waals surface area contributed by atoms with Gasteiger partial charge in [-0.15, -0.1) is 11.8 Å². The van der Waals surface area contributed by atoms with Gasteiger partial charge in [0.1, 0.15) is 29.9 Å². The third kappa shape index (κ3) is 4.10. The molecule has 5 N–H and O–H groups in total. The largest absolute Gasteiger partial charge is 0.388 e. The fourth-order valence-corrected chi connectivity index (χ4v) is 5.00. The monoisotopic (exact) mass is 344 g/mol. The Morgan fingerprint density at radius 2 is 1.74 bits per heavy atom. The Kier molecular flexibility index (Phi) is 6.01. The molecular formula is C16H28N2O4S. The van der Waals surface area contributed by atoms with Gasteiger partial charge in [0, 0.05) is 17.8 Å². The second-order valence-corrected chi connectivity index (χ2v) is 8.22. The van der Waals surface area contributed by atoms with Gasteiger partial charge in [-0.3, -0.25) is 0 Å². The minimum Gasteiger partial charge on any atom is -0.388 e. The van der Waals surface area contributed by atoms with Crippen LogP contribution in [0.15, 0.2) is 12.2 Å². The lowest BCUT2D eigenvalue weighted by Crippen LogP contribution is -2.61. The van der Waals surface area contributed by atoms with Gasteiger partial charge in [0.2, 0.25) is 0 Å². The molecule has 0 aromatic rings. The van der Waals surface area contributed by atoms with Crippen LogP contribution in [-0.4, -0.2) is 81.0 Å². The summed E-state index contributed by atoms with van der Waals surface area (Å²) in [6.45, 7) is 3.21. The number of nitrogens with two attached hydrogens (primary N) is 1. The lowest BCUT2D eigenvalue weighted by Gasteiger charge is -2.43. The number of allylic oxidation sites excluding steroid dienone is 1. The van der Waals surface area contributed by atoms with Crippen LogP contribution in [-0.2, 0) is 4.74 Å². The van der Waals surface area contributed by atoms with E-state index in [1.165, 1.54) is 12.8 Å². The molecule has 3 aliphatic heterocycles. The van der Waals surface area contributed by atoms with Gasteiger partial charge in [-0.2, -0.15) is 0 Å². The summed E-state index contributed by atoms with van der Waals surface area (Å²) in [6, 6.07) is -0.387. The van der Waals surface area contributed by atoms with E-state index in [0.29, 0.717) is 11.7 Å². The highest BCUT2D eigenvalue weighted by Gasteiger charge is 2.46.